The summed E-state index contributed by atoms with van der Waals surface area (Å²) in [5.74, 6) is -0.604. The van der Waals surface area contributed by atoms with Crippen molar-refractivity contribution >= 4 is 19.7 Å². The molecule has 0 aromatic rings. The van der Waals surface area contributed by atoms with E-state index in [1.54, 1.807) is 0 Å². The normalized spacial score (nSPS) is 13.9. The van der Waals surface area contributed by atoms with Crippen molar-refractivity contribution in [3.8, 4) is 0 Å². The predicted octanol–water partition coefficient (Wildman–Crippen LogP) is 19.3. The third kappa shape index (κ3) is 56.8. The van der Waals surface area contributed by atoms with Crippen LogP contribution in [0.2, 0.25) is 0 Å². The predicted molar refractivity (Wildman–Crippen MR) is 321 cm³/mol. The average Bonchev–Trinajstić information content (AvgIpc) is 3.37. The van der Waals surface area contributed by atoms with Crippen LogP contribution < -0.4 is 10.2 Å². The molecule has 0 rings (SSSR count). The highest BCUT2D eigenvalue weighted by Gasteiger charge is 2.27. The fraction of sp³-hybridized carbons (Fsp3) is 0.877. The Morgan fingerprint density at radius 2 is 0.827 bits per heavy atom. The van der Waals surface area contributed by atoms with Crippen LogP contribution in [0.4, 0.5) is 0 Å². The number of phosphoric ester groups is 1. The second kappa shape index (κ2) is 55.5. The van der Waals surface area contributed by atoms with Gasteiger partial charge in [-0.3, -0.25) is 14.2 Å². The van der Waals surface area contributed by atoms with Gasteiger partial charge >= 0.3 is 5.97 Å². The van der Waals surface area contributed by atoms with Crippen molar-refractivity contribution in [3.05, 3.63) is 36.5 Å². The van der Waals surface area contributed by atoms with Gasteiger partial charge in [-0.15, -0.1) is 0 Å². The molecule has 3 unspecified atom stereocenters. The summed E-state index contributed by atoms with van der Waals surface area (Å²) in [6, 6.07) is -0.914. The number of hydrogen-bond acceptors (Lipinski definition) is 7. The van der Waals surface area contributed by atoms with Crippen LogP contribution in [0, 0.1) is 0 Å². The Morgan fingerprint density at radius 1 is 0.467 bits per heavy atom. The van der Waals surface area contributed by atoms with Gasteiger partial charge in [-0.1, -0.05) is 289 Å². The van der Waals surface area contributed by atoms with Crippen molar-refractivity contribution < 1.29 is 37.3 Å². The molecule has 442 valence electrons. The highest BCUT2D eigenvalue weighted by Crippen LogP contribution is 2.38. The van der Waals surface area contributed by atoms with E-state index in [1.165, 1.54) is 225 Å². The van der Waals surface area contributed by atoms with E-state index in [0.717, 1.165) is 51.4 Å². The molecule has 10 heteroatoms. The van der Waals surface area contributed by atoms with Crippen molar-refractivity contribution in [2.75, 3.05) is 40.9 Å². The number of esters is 1. The number of hydrogen-bond donors (Lipinski definition) is 1. The summed E-state index contributed by atoms with van der Waals surface area (Å²) >= 11 is 0. The molecule has 0 aromatic heterocycles. The minimum absolute atomic E-state index is 0.0291. The van der Waals surface area contributed by atoms with E-state index in [4.69, 9.17) is 13.8 Å². The largest absolute Gasteiger partial charge is 0.756 e. The number of amides is 1. The fourth-order valence-corrected chi connectivity index (χ4v) is 10.3. The first-order valence-corrected chi connectivity index (χ1v) is 33.8. The van der Waals surface area contributed by atoms with E-state index in [2.05, 4.69) is 44.3 Å². The Hall–Kier alpha value is -1.77. The highest BCUT2D eigenvalue weighted by molar-refractivity contribution is 7.45. The van der Waals surface area contributed by atoms with Crippen LogP contribution in [-0.4, -0.2) is 69.4 Å². The Morgan fingerprint density at radius 3 is 1.23 bits per heavy atom. The number of nitrogens with one attached hydrogen (secondary N) is 1. The van der Waals surface area contributed by atoms with Gasteiger partial charge in [0.05, 0.1) is 33.8 Å². The number of unbranched alkanes of at least 4 members (excludes halogenated alkanes) is 39. The van der Waals surface area contributed by atoms with Gasteiger partial charge < -0.3 is 28.5 Å². The Balaban J connectivity index is 5.16. The number of rotatable bonds is 59. The molecular weight excluding hydrogens is 952 g/mol. The molecule has 0 aliphatic rings. The number of likely N-dealkylation sites (N-methyl/N-ethyl adjacent to an activating group) is 1. The molecule has 1 amide bonds. The van der Waals surface area contributed by atoms with Gasteiger partial charge in [0.1, 0.15) is 19.3 Å². The number of ether oxygens (including phenoxy) is 1. The summed E-state index contributed by atoms with van der Waals surface area (Å²) in [4.78, 5) is 39.9. The molecule has 0 bridgehead atoms. The minimum atomic E-state index is -4.71. The number of carbonyl (C=O) groups is 2. The number of phosphoric acid groups is 1. The number of allylic oxidation sites excluding steroid dienone is 5. The van der Waals surface area contributed by atoms with Gasteiger partial charge in [-0.05, 0) is 51.0 Å². The third-order valence-corrected chi connectivity index (χ3v) is 15.6. The first kappa shape index (κ1) is 73.2. The van der Waals surface area contributed by atoms with Crippen molar-refractivity contribution in [2.45, 2.75) is 328 Å². The lowest BCUT2D eigenvalue weighted by Crippen LogP contribution is -2.47. The van der Waals surface area contributed by atoms with Crippen molar-refractivity contribution in [1.82, 2.24) is 5.32 Å². The van der Waals surface area contributed by atoms with Gasteiger partial charge in [-0.25, -0.2) is 0 Å². The quantitative estimate of drug-likeness (QED) is 0.0212. The molecule has 0 aliphatic carbocycles. The highest BCUT2D eigenvalue weighted by atomic mass is 31.2. The maximum absolute atomic E-state index is 13.5. The molecule has 75 heavy (non-hydrogen) atoms. The Kier molecular flexibility index (Phi) is 54.2. The molecule has 0 saturated carbocycles. The van der Waals surface area contributed by atoms with Gasteiger partial charge in [0.2, 0.25) is 5.91 Å². The monoisotopic (exact) mass is 1080 g/mol. The van der Waals surface area contributed by atoms with Crippen LogP contribution in [0.25, 0.3) is 0 Å². The third-order valence-electron chi connectivity index (χ3n) is 14.6. The molecule has 0 aliphatic heterocycles. The summed E-state index contributed by atoms with van der Waals surface area (Å²) in [7, 11) is 1.17. The van der Waals surface area contributed by atoms with E-state index in [0.29, 0.717) is 17.4 Å². The lowest BCUT2D eigenvalue weighted by molar-refractivity contribution is -0.870. The van der Waals surface area contributed by atoms with E-state index < -0.39 is 26.6 Å². The molecule has 0 spiro atoms. The zero-order valence-corrected chi connectivity index (χ0v) is 51.4. The zero-order valence-electron chi connectivity index (χ0n) is 50.5. The summed E-state index contributed by atoms with van der Waals surface area (Å²) in [6.07, 6.45) is 67.1. The maximum Gasteiger partial charge on any atom is 0.306 e. The van der Waals surface area contributed by atoms with Gasteiger partial charge in [0, 0.05) is 12.8 Å². The minimum Gasteiger partial charge on any atom is -0.756 e. The first-order valence-electron chi connectivity index (χ1n) is 32.3. The molecule has 0 saturated heterocycles. The standard InChI is InChI=1S/C65H125N2O7P/c1-7-10-13-16-19-22-25-28-29-30-31-32-33-34-35-36-37-40-43-46-49-52-55-58-65(69)74-63(56-53-50-47-44-41-38-26-23-20-17-14-11-8-2)62(61-73-75(70,71)72-60-59-67(4,5)6)66-64(68)57-54-51-48-45-42-39-27-24-21-18-15-12-9-3/h39,42,48,51,53,56,62-63H,7-38,40-41,43-47,49-50,52,54-55,57-61H2,1-6H3,(H-,66,68,70,71)/b42-39-,51-48+,56-53-. The summed E-state index contributed by atoms with van der Waals surface area (Å²) in [5.41, 5.74) is 0. The summed E-state index contributed by atoms with van der Waals surface area (Å²) < 4.78 is 30.3. The Labute approximate surface area is 466 Å². The van der Waals surface area contributed by atoms with E-state index in [1.807, 2.05) is 39.4 Å². The smallest absolute Gasteiger partial charge is 0.306 e. The van der Waals surface area contributed by atoms with Gasteiger partial charge in [0.15, 0.2) is 0 Å². The lowest BCUT2D eigenvalue weighted by atomic mass is 10.0. The molecule has 0 aromatic carbocycles. The molecule has 0 heterocycles. The van der Waals surface area contributed by atoms with Crippen LogP contribution in [0.5, 0.6) is 0 Å². The van der Waals surface area contributed by atoms with E-state index in [9.17, 15) is 19.0 Å². The molecule has 0 fully saturated rings. The topological polar surface area (TPSA) is 114 Å². The van der Waals surface area contributed by atoms with Gasteiger partial charge in [-0.2, -0.15) is 0 Å². The average molecular weight is 1080 g/mol. The van der Waals surface area contributed by atoms with Crippen LogP contribution >= 0.6 is 7.82 Å². The van der Waals surface area contributed by atoms with Crippen molar-refractivity contribution in [2.24, 2.45) is 0 Å². The van der Waals surface area contributed by atoms with E-state index in [-0.39, 0.29) is 31.3 Å². The molecular formula is C65H125N2O7P. The number of carbonyl (C=O) groups excluding carboxylic acids is 2. The first-order chi connectivity index (χ1) is 36.4. The van der Waals surface area contributed by atoms with Crippen LogP contribution in [0.3, 0.4) is 0 Å². The lowest BCUT2D eigenvalue weighted by Gasteiger charge is -2.30. The van der Waals surface area contributed by atoms with Crippen LogP contribution in [0.1, 0.15) is 316 Å². The van der Waals surface area contributed by atoms with Crippen molar-refractivity contribution in [3.63, 3.8) is 0 Å². The maximum atomic E-state index is 13.5. The Bertz CT molecular complexity index is 1380. The molecule has 0 radical (unpaired) electrons. The summed E-state index contributed by atoms with van der Waals surface area (Å²) in [6.45, 7) is 6.83. The van der Waals surface area contributed by atoms with Crippen LogP contribution in [0.15, 0.2) is 36.5 Å². The van der Waals surface area contributed by atoms with E-state index >= 15 is 0 Å². The molecule has 3 atom stereocenters. The SMILES string of the molecule is CCCCCCCC/C=C\C/C=C/CCC(=O)NC(COP(=O)([O-])OCC[N+](C)(C)C)C(/C=C\CCCCCCCCCCCCC)OC(=O)CCCCCCCCCCCCCCCCCCCCCCCCC. The second-order valence-electron chi connectivity index (χ2n) is 23.3. The number of nitrogens with zero attached hydrogens (tertiary/aromatic N) is 1. The van der Waals surface area contributed by atoms with Gasteiger partial charge in [0.25, 0.3) is 7.82 Å². The van der Waals surface area contributed by atoms with Crippen LogP contribution in [-0.2, 0) is 27.9 Å². The summed E-state index contributed by atoms with van der Waals surface area (Å²) in [5, 5.41) is 2.99. The fourth-order valence-electron chi connectivity index (χ4n) is 9.57. The zero-order chi connectivity index (χ0) is 55.0. The number of quaternary nitrogens is 1. The van der Waals surface area contributed by atoms with Crippen molar-refractivity contribution in [1.29, 1.82) is 0 Å². The molecule has 9 nitrogen and oxygen atoms in total. The second-order valence-corrected chi connectivity index (χ2v) is 24.7. The molecule has 1 N–H and O–H groups in total.